The summed E-state index contributed by atoms with van der Waals surface area (Å²) in [5, 5.41) is 3.46. The van der Waals surface area contributed by atoms with E-state index in [0.29, 0.717) is 6.04 Å². The summed E-state index contributed by atoms with van der Waals surface area (Å²) in [4.78, 5) is 2.52. The zero-order chi connectivity index (χ0) is 12.7. The van der Waals surface area contributed by atoms with E-state index >= 15 is 0 Å². The van der Waals surface area contributed by atoms with Gasteiger partial charge in [-0.15, -0.1) is 0 Å². The second kappa shape index (κ2) is 4.91. The predicted octanol–water partition coefficient (Wildman–Crippen LogP) is 2.80. The van der Waals surface area contributed by atoms with Crippen LogP contribution in [0.2, 0.25) is 0 Å². The molecule has 2 aliphatic rings. The molecule has 3 rings (SSSR count). The molecule has 0 bridgehead atoms. The first kappa shape index (κ1) is 12.6. The topological polar surface area (TPSA) is 15.3 Å². The maximum Gasteiger partial charge on any atom is 0.124 e. The fourth-order valence-corrected chi connectivity index (χ4v) is 3.93. The minimum absolute atomic E-state index is 0.180. The number of hydrogen-bond donors (Lipinski definition) is 1. The molecule has 3 unspecified atom stereocenters. The van der Waals surface area contributed by atoms with E-state index < -0.39 is 0 Å². The number of rotatable bonds is 2. The van der Waals surface area contributed by atoms with E-state index in [9.17, 15) is 4.39 Å². The van der Waals surface area contributed by atoms with Gasteiger partial charge >= 0.3 is 0 Å². The molecule has 0 aromatic heterocycles. The maximum absolute atomic E-state index is 13.1. The minimum atomic E-state index is -0.180. The van der Waals surface area contributed by atoms with Gasteiger partial charge in [0, 0.05) is 23.6 Å². The Bertz CT molecular complexity index is 439. The lowest BCUT2D eigenvalue weighted by molar-refractivity contribution is 0.243. The van der Waals surface area contributed by atoms with Crippen molar-refractivity contribution in [2.45, 2.75) is 13.0 Å². The minimum Gasteiger partial charge on any atom is -0.316 e. The molecule has 1 aromatic rings. The van der Waals surface area contributed by atoms with Crippen LogP contribution in [0.5, 0.6) is 0 Å². The van der Waals surface area contributed by atoms with Crippen LogP contribution in [0.4, 0.5) is 4.39 Å². The first-order valence-corrected chi connectivity index (χ1v) is 7.34. The van der Waals surface area contributed by atoms with Crippen LogP contribution in [0.15, 0.2) is 22.7 Å². The Balaban J connectivity index is 1.76. The second-order valence-corrected chi connectivity index (χ2v) is 6.33. The highest BCUT2D eigenvalue weighted by Gasteiger charge is 2.38. The van der Waals surface area contributed by atoms with Crippen LogP contribution in [0.3, 0.4) is 0 Å². The van der Waals surface area contributed by atoms with Crippen molar-refractivity contribution < 1.29 is 4.39 Å². The largest absolute Gasteiger partial charge is 0.316 e. The smallest absolute Gasteiger partial charge is 0.124 e. The van der Waals surface area contributed by atoms with Crippen LogP contribution in [0.25, 0.3) is 0 Å². The highest BCUT2D eigenvalue weighted by molar-refractivity contribution is 9.10. The van der Waals surface area contributed by atoms with E-state index in [1.54, 1.807) is 12.1 Å². The summed E-state index contributed by atoms with van der Waals surface area (Å²) < 4.78 is 14.0. The average Bonchev–Trinajstić information content (AvgIpc) is 2.87. The van der Waals surface area contributed by atoms with Gasteiger partial charge in [0.15, 0.2) is 0 Å². The van der Waals surface area contributed by atoms with Crippen molar-refractivity contribution >= 4 is 15.9 Å². The zero-order valence-corrected chi connectivity index (χ0v) is 12.1. The SMILES string of the molecule is CC(c1ccc(F)cc1Br)N1CC2CNCC2C1. The fourth-order valence-electron chi connectivity index (χ4n) is 3.24. The summed E-state index contributed by atoms with van der Waals surface area (Å²) in [6.45, 7) is 6.83. The maximum atomic E-state index is 13.1. The number of halogens is 2. The van der Waals surface area contributed by atoms with Crippen LogP contribution >= 0.6 is 15.9 Å². The van der Waals surface area contributed by atoms with Gasteiger partial charge in [0.05, 0.1) is 0 Å². The Morgan fingerprint density at radius 3 is 2.61 bits per heavy atom. The summed E-state index contributed by atoms with van der Waals surface area (Å²) in [5.41, 5.74) is 1.18. The monoisotopic (exact) mass is 312 g/mol. The van der Waals surface area contributed by atoms with Crippen LogP contribution in [0.1, 0.15) is 18.5 Å². The van der Waals surface area contributed by atoms with E-state index in [-0.39, 0.29) is 5.82 Å². The summed E-state index contributed by atoms with van der Waals surface area (Å²) >= 11 is 3.48. The third-order valence-electron chi connectivity index (χ3n) is 4.38. The third kappa shape index (κ3) is 2.22. The van der Waals surface area contributed by atoms with Gasteiger partial charge in [-0.25, -0.2) is 4.39 Å². The van der Waals surface area contributed by atoms with Crippen LogP contribution < -0.4 is 5.32 Å². The van der Waals surface area contributed by atoms with Gasteiger partial charge in [-0.1, -0.05) is 22.0 Å². The summed E-state index contributed by atoms with van der Waals surface area (Å²) in [5.74, 6) is 1.42. The molecule has 3 atom stereocenters. The molecule has 2 saturated heterocycles. The molecule has 0 amide bonds. The van der Waals surface area contributed by atoms with Gasteiger partial charge in [0.1, 0.15) is 5.82 Å². The number of nitrogens with one attached hydrogen (secondary N) is 1. The van der Waals surface area contributed by atoms with E-state index in [0.717, 1.165) is 42.5 Å². The van der Waals surface area contributed by atoms with Crippen LogP contribution in [0, 0.1) is 17.7 Å². The van der Waals surface area contributed by atoms with E-state index in [2.05, 4.69) is 33.1 Å². The third-order valence-corrected chi connectivity index (χ3v) is 5.06. The molecule has 1 N–H and O–H groups in total. The molecular formula is C14H18BrFN2. The van der Waals surface area contributed by atoms with E-state index in [1.807, 2.05) is 6.07 Å². The summed E-state index contributed by atoms with van der Waals surface area (Å²) in [6.07, 6.45) is 0. The molecule has 0 saturated carbocycles. The first-order valence-electron chi connectivity index (χ1n) is 6.55. The lowest BCUT2D eigenvalue weighted by Gasteiger charge is -2.26. The van der Waals surface area contributed by atoms with Gasteiger partial charge in [0.2, 0.25) is 0 Å². The number of nitrogens with zero attached hydrogens (tertiary/aromatic N) is 1. The van der Waals surface area contributed by atoms with Crippen LogP contribution in [-0.4, -0.2) is 31.1 Å². The highest BCUT2D eigenvalue weighted by Crippen LogP contribution is 2.35. The van der Waals surface area contributed by atoms with Crippen molar-refractivity contribution in [3.05, 3.63) is 34.1 Å². The summed E-state index contributed by atoms with van der Waals surface area (Å²) in [6, 6.07) is 5.36. The molecule has 2 nitrogen and oxygen atoms in total. The fraction of sp³-hybridized carbons (Fsp3) is 0.571. The molecule has 1 aromatic carbocycles. The van der Waals surface area contributed by atoms with Gasteiger partial charge in [0.25, 0.3) is 0 Å². The first-order chi connectivity index (χ1) is 8.65. The van der Waals surface area contributed by atoms with Crippen molar-refractivity contribution in [2.75, 3.05) is 26.2 Å². The molecule has 98 valence electrons. The number of likely N-dealkylation sites (tertiary alicyclic amines) is 1. The Morgan fingerprint density at radius 1 is 1.33 bits per heavy atom. The highest BCUT2D eigenvalue weighted by atomic mass is 79.9. The quantitative estimate of drug-likeness (QED) is 0.903. The normalized spacial score (nSPS) is 29.5. The Kier molecular flexibility index (Phi) is 3.43. The van der Waals surface area contributed by atoms with Crippen molar-refractivity contribution in [1.29, 1.82) is 0 Å². The molecule has 2 fully saturated rings. The van der Waals surface area contributed by atoms with Crippen molar-refractivity contribution in [1.82, 2.24) is 10.2 Å². The molecule has 0 aliphatic carbocycles. The van der Waals surface area contributed by atoms with Crippen molar-refractivity contribution in [3.63, 3.8) is 0 Å². The molecule has 0 radical (unpaired) electrons. The van der Waals surface area contributed by atoms with Gasteiger partial charge in [-0.05, 0) is 49.5 Å². The molecule has 18 heavy (non-hydrogen) atoms. The molecule has 2 heterocycles. The zero-order valence-electron chi connectivity index (χ0n) is 10.5. The molecule has 0 spiro atoms. The second-order valence-electron chi connectivity index (χ2n) is 5.47. The lowest BCUT2D eigenvalue weighted by atomic mass is 10.0. The number of benzene rings is 1. The number of hydrogen-bond acceptors (Lipinski definition) is 2. The predicted molar refractivity (Wildman–Crippen MR) is 73.9 cm³/mol. The molecule has 2 aliphatic heterocycles. The molecular weight excluding hydrogens is 295 g/mol. The van der Waals surface area contributed by atoms with Crippen molar-refractivity contribution in [2.24, 2.45) is 11.8 Å². The van der Waals surface area contributed by atoms with Crippen molar-refractivity contribution in [3.8, 4) is 0 Å². The van der Waals surface area contributed by atoms with Gasteiger partial charge in [-0.2, -0.15) is 0 Å². The number of fused-ring (bicyclic) bond motifs is 1. The Hall–Kier alpha value is -0.450. The van der Waals surface area contributed by atoms with Gasteiger partial charge < -0.3 is 5.32 Å². The summed E-state index contributed by atoms with van der Waals surface area (Å²) in [7, 11) is 0. The molecule has 4 heteroatoms. The average molecular weight is 313 g/mol. The standard InChI is InChI=1S/C14H18BrFN2/c1-9(13-3-2-12(16)4-14(13)15)18-7-10-5-17-6-11(10)8-18/h2-4,9-11,17H,5-8H2,1H3. The van der Waals surface area contributed by atoms with E-state index in [4.69, 9.17) is 0 Å². The Labute approximate surface area is 116 Å². The van der Waals surface area contributed by atoms with Crippen LogP contribution in [-0.2, 0) is 0 Å². The van der Waals surface area contributed by atoms with E-state index in [1.165, 1.54) is 5.56 Å². The Morgan fingerprint density at radius 2 is 2.00 bits per heavy atom. The van der Waals surface area contributed by atoms with Gasteiger partial charge in [-0.3, -0.25) is 4.90 Å². The lowest BCUT2D eigenvalue weighted by Crippen LogP contribution is -2.28.